The van der Waals surface area contributed by atoms with Crippen molar-refractivity contribution in [3.05, 3.63) is 93.4 Å². The molecule has 1 aliphatic heterocycles. The van der Waals surface area contributed by atoms with E-state index in [4.69, 9.17) is 0 Å². The average molecular weight is 516 g/mol. The molecule has 2 N–H and O–H groups in total. The van der Waals surface area contributed by atoms with Gasteiger partial charge < -0.3 is 14.5 Å². The minimum absolute atomic E-state index is 0.369. The zero-order chi connectivity index (χ0) is 26.1. The topological polar surface area (TPSA) is 111 Å². The van der Waals surface area contributed by atoms with E-state index in [1.54, 1.807) is 6.26 Å². The van der Waals surface area contributed by atoms with Gasteiger partial charge in [-0.1, -0.05) is 36.4 Å². The molecule has 9 nitrogen and oxygen atoms in total. The molecule has 0 radical (unpaired) electrons. The second kappa shape index (κ2) is 9.98. The smallest absolute Gasteiger partial charge is 0.263 e. The van der Waals surface area contributed by atoms with Crippen molar-refractivity contribution in [3.8, 4) is 0 Å². The van der Waals surface area contributed by atoms with Crippen LogP contribution in [0.25, 0.3) is 33.0 Å². The maximum Gasteiger partial charge on any atom is 0.263 e. The second-order valence-electron chi connectivity index (χ2n) is 8.72. The number of amides is 2. The van der Waals surface area contributed by atoms with Gasteiger partial charge in [0.25, 0.3) is 18.0 Å². The van der Waals surface area contributed by atoms with E-state index in [0.717, 1.165) is 33.6 Å². The molecule has 0 spiro atoms. The Morgan fingerprint density at radius 2 is 1.59 bits per heavy atom. The zero-order valence-electron chi connectivity index (χ0n) is 20.4. The highest BCUT2D eigenvalue weighted by atomic mass is 32.2. The van der Waals surface area contributed by atoms with Gasteiger partial charge in [0.2, 0.25) is 0 Å². The Hall–Kier alpha value is -4.31. The van der Waals surface area contributed by atoms with Crippen molar-refractivity contribution in [1.29, 1.82) is 0 Å². The van der Waals surface area contributed by atoms with Crippen molar-refractivity contribution in [2.75, 3.05) is 12.8 Å². The number of thioether (sulfide) groups is 1. The Balaban J connectivity index is 1.54. The fourth-order valence-corrected chi connectivity index (χ4v) is 5.31. The number of para-hydroxylation sites is 2. The Kier molecular flexibility index (Phi) is 6.58. The lowest BCUT2D eigenvalue weighted by atomic mass is 9.95. The third kappa shape index (κ3) is 4.51. The summed E-state index contributed by atoms with van der Waals surface area (Å²) in [6.45, 7) is 1.17. The number of carbonyl (C=O) groups is 2. The molecular formula is C27H25N5O4S. The number of benzene rings is 2. The van der Waals surface area contributed by atoms with Gasteiger partial charge in [0.1, 0.15) is 5.03 Å². The van der Waals surface area contributed by atoms with Crippen LogP contribution in [0.15, 0.2) is 72.2 Å². The molecule has 0 saturated heterocycles. The highest BCUT2D eigenvalue weighted by Crippen LogP contribution is 2.38. The minimum Gasteiger partial charge on any atom is -0.375 e. The molecule has 188 valence electrons. The fourth-order valence-electron chi connectivity index (χ4n) is 4.87. The molecule has 0 atom stereocenters. The van der Waals surface area contributed by atoms with Gasteiger partial charge in [-0.3, -0.25) is 25.0 Å². The second-order valence-corrected chi connectivity index (χ2v) is 9.57. The largest absolute Gasteiger partial charge is 0.375 e. The maximum absolute atomic E-state index is 13.1. The summed E-state index contributed by atoms with van der Waals surface area (Å²) in [6.07, 6.45) is 7.26. The number of hydrogen-bond donors (Lipinski definition) is 2. The van der Waals surface area contributed by atoms with E-state index in [1.807, 2.05) is 72.5 Å². The summed E-state index contributed by atoms with van der Waals surface area (Å²) >= 11 is 1.29. The van der Waals surface area contributed by atoms with Gasteiger partial charge in [0, 0.05) is 65.5 Å². The highest BCUT2D eigenvalue weighted by molar-refractivity contribution is 8.02. The van der Waals surface area contributed by atoms with Crippen LogP contribution < -0.4 is 10.6 Å². The van der Waals surface area contributed by atoms with Gasteiger partial charge in [-0.2, -0.15) is 0 Å². The summed E-state index contributed by atoms with van der Waals surface area (Å²) in [5, 5.41) is 18.6. The van der Waals surface area contributed by atoms with Gasteiger partial charge in [0.05, 0.1) is 16.1 Å². The first-order chi connectivity index (χ1) is 17.9. The molecule has 1 aliphatic rings. The first-order valence-corrected chi connectivity index (χ1v) is 13.0. The number of nitrogens with one attached hydrogen (secondary N) is 2. The van der Waals surface area contributed by atoms with Crippen LogP contribution in [-0.4, -0.2) is 38.7 Å². The summed E-state index contributed by atoms with van der Waals surface area (Å²) in [5.74, 6) is -0.813. The molecule has 10 heteroatoms. The third-order valence-electron chi connectivity index (χ3n) is 6.47. The van der Waals surface area contributed by atoms with E-state index >= 15 is 0 Å². The van der Waals surface area contributed by atoms with Gasteiger partial charge in [0.15, 0.2) is 0 Å². The van der Waals surface area contributed by atoms with Crippen LogP contribution in [0.2, 0.25) is 0 Å². The monoisotopic (exact) mass is 515 g/mol. The molecule has 37 heavy (non-hydrogen) atoms. The van der Waals surface area contributed by atoms with Gasteiger partial charge in [-0.25, -0.2) is 0 Å². The summed E-state index contributed by atoms with van der Waals surface area (Å²) < 4.78 is 4.02. The maximum atomic E-state index is 13.1. The number of rotatable bonds is 9. The van der Waals surface area contributed by atoms with Crippen LogP contribution in [0.4, 0.5) is 0 Å². The van der Waals surface area contributed by atoms with Crippen LogP contribution in [0.1, 0.15) is 17.5 Å². The Morgan fingerprint density at radius 1 is 1.00 bits per heavy atom. The number of carbonyl (C=O) groups excluding carboxylic acids is 2. The van der Waals surface area contributed by atoms with E-state index in [-0.39, 0.29) is 0 Å². The molecule has 2 aromatic heterocycles. The highest BCUT2D eigenvalue weighted by Gasteiger charge is 2.35. The van der Waals surface area contributed by atoms with Crippen molar-refractivity contribution >= 4 is 56.5 Å². The zero-order valence-corrected chi connectivity index (χ0v) is 21.2. The molecule has 0 fully saturated rings. The first-order valence-electron chi connectivity index (χ1n) is 11.7. The fraction of sp³-hybridized carbons (Fsp3) is 0.185. The van der Waals surface area contributed by atoms with Crippen LogP contribution in [0.3, 0.4) is 0 Å². The van der Waals surface area contributed by atoms with E-state index < -0.39 is 16.7 Å². The summed E-state index contributed by atoms with van der Waals surface area (Å²) in [7, 11) is 1.92. The first kappa shape index (κ1) is 24.4. The molecule has 3 heterocycles. The SMILES string of the molecule is CSC(=C[N+](=O)[O-])NCCCn1cc(C2=C(c3cn(C)c4ccccc34)C(=O)NC2=O)c2ccccc21. The van der Waals surface area contributed by atoms with Crippen molar-refractivity contribution < 1.29 is 14.5 Å². The predicted octanol–water partition coefficient (Wildman–Crippen LogP) is 4.12. The third-order valence-corrected chi connectivity index (χ3v) is 7.16. The summed E-state index contributed by atoms with van der Waals surface area (Å²) in [5.41, 5.74) is 4.09. The molecule has 0 saturated carbocycles. The molecule has 0 unspecified atom stereocenters. The van der Waals surface area contributed by atoms with Crippen LogP contribution in [0.5, 0.6) is 0 Å². The van der Waals surface area contributed by atoms with E-state index in [0.29, 0.717) is 41.2 Å². The van der Waals surface area contributed by atoms with Crippen LogP contribution in [0, 0.1) is 10.1 Å². The Labute approximate surface area is 217 Å². The molecular weight excluding hydrogens is 490 g/mol. The van der Waals surface area contributed by atoms with E-state index in [1.165, 1.54) is 11.8 Å². The van der Waals surface area contributed by atoms with E-state index in [9.17, 15) is 19.7 Å². The number of aryl methyl sites for hydroxylation is 2. The Bertz CT molecular complexity index is 1630. The van der Waals surface area contributed by atoms with Crippen LogP contribution in [-0.2, 0) is 23.2 Å². The number of fused-ring (bicyclic) bond motifs is 2. The number of hydrogen-bond acceptors (Lipinski definition) is 6. The standard InChI is InChI=1S/C27H25N5O4S/c1-30-14-19(17-8-3-5-10-21(17)30)24-25(27(34)29-26(24)33)20-15-31(22-11-6-4-9-18(20)22)13-7-12-28-23(37-2)16-32(35)36/h3-6,8-11,14-16,28H,7,12-13H2,1-2H3,(H,29,33,34). The molecule has 2 amide bonds. The molecule has 4 aromatic rings. The molecule has 0 bridgehead atoms. The predicted molar refractivity (Wildman–Crippen MR) is 146 cm³/mol. The molecule has 0 aliphatic carbocycles. The van der Waals surface area contributed by atoms with Crippen molar-refractivity contribution in [3.63, 3.8) is 0 Å². The molecule has 2 aromatic carbocycles. The van der Waals surface area contributed by atoms with Crippen molar-refractivity contribution in [2.24, 2.45) is 7.05 Å². The summed E-state index contributed by atoms with van der Waals surface area (Å²) in [6, 6.07) is 15.6. The lowest BCUT2D eigenvalue weighted by Crippen LogP contribution is -2.22. The summed E-state index contributed by atoms with van der Waals surface area (Å²) in [4.78, 5) is 36.5. The number of nitro groups is 1. The lowest BCUT2D eigenvalue weighted by Gasteiger charge is -2.08. The van der Waals surface area contributed by atoms with Crippen molar-refractivity contribution in [1.82, 2.24) is 19.8 Å². The quantitative estimate of drug-likeness (QED) is 0.150. The average Bonchev–Trinajstić information content (AvgIpc) is 3.51. The number of aromatic nitrogens is 2. The van der Waals surface area contributed by atoms with E-state index in [2.05, 4.69) is 15.2 Å². The minimum atomic E-state index is -0.472. The van der Waals surface area contributed by atoms with Gasteiger partial charge >= 0.3 is 0 Å². The normalized spacial score (nSPS) is 14.2. The Morgan fingerprint density at radius 3 is 2.24 bits per heavy atom. The van der Waals surface area contributed by atoms with Crippen LogP contribution >= 0.6 is 11.8 Å². The molecule has 5 rings (SSSR count). The lowest BCUT2D eigenvalue weighted by molar-refractivity contribution is -0.403. The van der Waals surface area contributed by atoms with Gasteiger partial charge in [-0.05, 0) is 24.8 Å². The number of nitrogens with zero attached hydrogens (tertiary/aromatic N) is 3. The number of imide groups is 1. The van der Waals surface area contributed by atoms with Crippen molar-refractivity contribution in [2.45, 2.75) is 13.0 Å². The van der Waals surface area contributed by atoms with Gasteiger partial charge in [-0.15, -0.1) is 11.8 Å².